The monoisotopic (exact) mass is 520 g/mol. The third kappa shape index (κ3) is 7.89. The van der Waals surface area contributed by atoms with Gasteiger partial charge in [-0.3, -0.25) is 9.59 Å². The second-order valence-corrected chi connectivity index (χ2v) is 9.36. The Balaban J connectivity index is 0.00000456. The van der Waals surface area contributed by atoms with Crippen LogP contribution >= 0.6 is 12.4 Å². The lowest BCUT2D eigenvalue weighted by molar-refractivity contribution is -0.140. The van der Waals surface area contributed by atoms with Crippen molar-refractivity contribution in [3.63, 3.8) is 0 Å². The quantitative estimate of drug-likeness (QED) is 0.376. The average Bonchev–Trinajstić information content (AvgIpc) is 3.40. The fraction of sp³-hybridized carbons (Fsp3) is 0.500. The number of hydrogen-bond acceptors (Lipinski definition) is 7. The van der Waals surface area contributed by atoms with E-state index in [2.05, 4.69) is 10.6 Å². The molecule has 1 unspecified atom stereocenters. The number of amides is 3. The van der Waals surface area contributed by atoms with E-state index in [1.165, 1.54) is 0 Å². The van der Waals surface area contributed by atoms with Crippen molar-refractivity contribution in [3.05, 3.63) is 48.0 Å². The molecule has 3 atom stereocenters. The molecule has 0 spiro atoms. The van der Waals surface area contributed by atoms with Crippen molar-refractivity contribution in [1.29, 1.82) is 0 Å². The Hall–Kier alpha value is -2.72. The molecule has 0 aliphatic carbocycles. The number of carbonyl (C=O) groups excluding carboxylic acids is 3. The molecule has 1 saturated heterocycles. The summed E-state index contributed by atoms with van der Waals surface area (Å²) in [4.78, 5) is 41.0. The molecule has 5 N–H and O–H groups in total. The topological polar surface area (TPSA) is 134 Å². The Morgan fingerprint density at radius 3 is 2.56 bits per heavy atom. The zero-order chi connectivity index (χ0) is 25.4. The van der Waals surface area contributed by atoms with E-state index in [0.717, 1.165) is 27.7 Å². The van der Waals surface area contributed by atoms with Crippen LogP contribution < -0.4 is 16.4 Å². The first kappa shape index (κ1) is 29.5. The Kier molecular flexibility index (Phi) is 11.6. The van der Waals surface area contributed by atoms with Gasteiger partial charge in [-0.25, -0.2) is 9.69 Å². The first-order chi connectivity index (χ1) is 16.8. The van der Waals surface area contributed by atoms with Gasteiger partial charge in [0, 0.05) is 19.5 Å². The lowest BCUT2D eigenvalue weighted by Gasteiger charge is -2.31. The fourth-order valence-corrected chi connectivity index (χ4v) is 4.05. The number of aliphatic hydroxyl groups is 1. The SMILES string of the molecule is CC(C)COC(=O)N(C(=O)[C@@H]1CCCN1)[C@H](Cc1ccc2ccccc2c1)C(=O)NCC(O)CN.Cl. The van der Waals surface area contributed by atoms with Gasteiger partial charge in [0.15, 0.2) is 0 Å². The van der Waals surface area contributed by atoms with Gasteiger partial charge < -0.3 is 26.2 Å². The van der Waals surface area contributed by atoms with Crippen LogP contribution in [0.1, 0.15) is 32.3 Å². The van der Waals surface area contributed by atoms with E-state index in [0.29, 0.717) is 13.0 Å². The molecule has 2 aromatic rings. The van der Waals surface area contributed by atoms with E-state index in [1.54, 1.807) is 0 Å². The number of fused-ring (bicyclic) bond motifs is 1. The lowest BCUT2D eigenvalue weighted by Crippen LogP contribution is -2.58. The molecular weight excluding hydrogens is 484 g/mol. The first-order valence-corrected chi connectivity index (χ1v) is 12.2. The Labute approximate surface area is 218 Å². The van der Waals surface area contributed by atoms with Gasteiger partial charge in [-0.15, -0.1) is 12.4 Å². The van der Waals surface area contributed by atoms with Gasteiger partial charge in [0.25, 0.3) is 0 Å². The summed E-state index contributed by atoms with van der Waals surface area (Å²) in [6.45, 7) is 4.46. The van der Waals surface area contributed by atoms with Crippen LogP contribution in [0.15, 0.2) is 42.5 Å². The van der Waals surface area contributed by atoms with Crippen LogP contribution in [0.4, 0.5) is 4.79 Å². The molecule has 9 nitrogen and oxygen atoms in total. The van der Waals surface area contributed by atoms with Crippen LogP contribution in [0.5, 0.6) is 0 Å². The molecule has 3 rings (SSSR count). The van der Waals surface area contributed by atoms with E-state index in [4.69, 9.17) is 10.5 Å². The first-order valence-electron chi connectivity index (χ1n) is 12.2. The zero-order valence-electron chi connectivity index (χ0n) is 20.8. The molecule has 3 amide bonds. The molecule has 1 aliphatic heterocycles. The summed E-state index contributed by atoms with van der Waals surface area (Å²) in [5, 5.41) is 17.6. The summed E-state index contributed by atoms with van der Waals surface area (Å²) in [6.07, 6.45) is -0.310. The minimum Gasteiger partial charge on any atom is -0.449 e. The molecule has 0 bridgehead atoms. The number of nitrogens with zero attached hydrogens (tertiary/aromatic N) is 1. The molecule has 1 aliphatic rings. The van der Waals surface area contributed by atoms with Gasteiger partial charge in [-0.1, -0.05) is 56.3 Å². The van der Waals surface area contributed by atoms with Crippen LogP contribution in [-0.2, 0) is 20.7 Å². The number of benzene rings is 2. The Morgan fingerprint density at radius 2 is 1.92 bits per heavy atom. The summed E-state index contributed by atoms with van der Waals surface area (Å²) in [5.74, 6) is -0.983. The molecule has 0 aromatic heterocycles. The number of hydrogen-bond donors (Lipinski definition) is 4. The van der Waals surface area contributed by atoms with Gasteiger partial charge in [0.05, 0.1) is 18.8 Å². The van der Waals surface area contributed by atoms with Crippen molar-refractivity contribution in [2.24, 2.45) is 11.7 Å². The van der Waals surface area contributed by atoms with Crippen LogP contribution in [0.2, 0.25) is 0 Å². The van der Waals surface area contributed by atoms with Gasteiger partial charge in [0.1, 0.15) is 6.04 Å². The molecular formula is C26H37ClN4O5. The molecule has 1 heterocycles. The van der Waals surface area contributed by atoms with Crippen molar-refractivity contribution in [1.82, 2.24) is 15.5 Å². The third-order valence-electron chi connectivity index (χ3n) is 5.97. The van der Waals surface area contributed by atoms with Crippen molar-refractivity contribution in [2.45, 2.75) is 51.3 Å². The maximum atomic E-state index is 13.5. The number of ether oxygens (including phenoxy) is 1. The van der Waals surface area contributed by atoms with E-state index in [9.17, 15) is 19.5 Å². The van der Waals surface area contributed by atoms with Crippen molar-refractivity contribution in [2.75, 3.05) is 26.2 Å². The largest absolute Gasteiger partial charge is 0.449 e. The lowest BCUT2D eigenvalue weighted by atomic mass is 9.99. The van der Waals surface area contributed by atoms with Crippen LogP contribution in [-0.4, -0.2) is 72.3 Å². The smallest absolute Gasteiger partial charge is 0.417 e. The number of halogens is 1. The highest BCUT2D eigenvalue weighted by Gasteiger charge is 2.40. The molecule has 10 heteroatoms. The number of rotatable bonds is 10. The maximum Gasteiger partial charge on any atom is 0.417 e. The summed E-state index contributed by atoms with van der Waals surface area (Å²) < 4.78 is 5.42. The number of imide groups is 1. The van der Waals surface area contributed by atoms with E-state index in [-0.39, 0.29) is 44.4 Å². The molecule has 36 heavy (non-hydrogen) atoms. The highest BCUT2D eigenvalue weighted by atomic mass is 35.5. The van der Waals surface area contributed by atoms with Crippen molar-refractivity contribution >= 4 is 41.1 Å². The van der Waals surface area contributed by atoms with E-state index in [1.807, 2.05) is 56.3 Å². The highest BCUT2D eigenvalue weighted by Crippen LogP contribution is 2.20. The second kappa shape index (κ2) is 14.1. The minimum atomic E-state index is -1.16. The molecule has 198 valence electrons. The van der Waals surface area contributed by atoms with E-state index >= 15 is 0 Å². The molecule has 0 radical (unpaired) electrons. The van der Waals surface area contributed by atoms with Gasteiger partial charge in [0.2, 0.25) is 11.8 Å². The minimum absolute atomic E-state index is 0. The highest BCUT2D eigenvalue weighted by molar-refractivity contribution is 6.00. The van der Waals surface area contributed by atoms with Gasteiger partial charge in [-0.05, 0) is 41.6 Å². The average molecular weight is 521 g/mol. The number of aliphatic hydroxyl groups excluding tert-OH is 1. The standard InChI is InChI=1S/C26H36N4O5.ClH/c1-17(2)16-35-26(34)30(25(33)22-8-5-11-28-22)23(24(32)29-15-21(31)14-27)13-18-9-10-19-6-3-4-7-20(19)12-18;/h3-4,6-7,9-10,12,17,21-23,28,31H,5,8,11,13-16,27H2,1-2H3,(H,29,32);1H/t21?,22-,23+;/m0./s1. The second-order valence-electron chi connectivity index (χ2n) is 9.36. The van der Waals surface area contributed by atoms with Crippen LogP contribution in [0.25, 0.3) is 10.8 Å². The predicted molar refractivity (Wildman–Crippen MR) is 141 cm³/mol. The fourth-order valence-electron chi connectivity index (χ4n) is 4.05. The Morgan fingerprint density at radius 1 is 1.19 bits per heavy atom. The zero-order valence-corrected chi connectivity index (χ0v) is 21.6. The molecule has 2 aromatic carbocycles. The van der Waals surface area contributed by atoms with Gasteiger partial charge >= 0.3 is 6.09 Å². The normalized spacial score (nSPS) is 16.8. The summed E-state index contributed by atoms with van der Waals surface area (Å²) >= 11 is 0. The Bertz CT molecular complexity index is 1030. The number of nitrogens with two attached hydrogens (primary N) is 1. The van der Waals surface area contributed by atoms with Crippen LogP contribution in [0, 0.1) is 5.92 Å². The van der Waals surface area contributed by atoms with E-state index < -0.39 is 36.1 Å². The molecule has 1 fully saturated rings. The number of nitrogens with one attached hydrogen (secondary N) is 2. The maximum absolute atomic E-state index is 13.5. The summed E-state index contributed by atoms with van der Waals surface area (Å²) in [7, 11) is 0. The van der Waals surface area contributed by atoms with Gasteiger partial charge in [-0.2, -0.15) is 0 Å². The molecule has 0 saturated carbocycles. The summed E-state index contributed by atoms with van der Waals surface area (Å²) in [6, 6.07) is 11.9. The predicted octanol–water partition coefficient (Wildman–Crippen LogP) is 1.98. The number of carbonyl (C=O) groups is 3. The summed E-state index contributed by atoms with van der Waals surface area (Å²) in [5.41, 5.74) is 6.26. The third-order valence-corrected chi connectivity index (χ3v) is 5.97. The van der Waals surface area contributed by atoms with Crippen molar-refractivity contribution in [3.8, 4) is 0 Å². The van der Waals surface area contributed by atoms with Crippen molar-refractivity contribution < 1.29 is 24.2 Å². The van der Waals surface area contributed by atoms with Crippen LogP contribution in [0.3, 0.4) is 0 Å².